The molecule has 0 fully saturated rings. The first-order valence-electron chi connectivity index (χ1n) is 4.95. The molecule has 0 saturated carbocycles. The number of hydrogen-bond acceptors (Lipinski definition) is 3. The zero-order chi connectivity index (χ0) is 11.1. The molecule has 15 heavy (non-hydrogen) atoms. The monoisotopic (exact) mass is 273 g/mol. The topological polar surface area (TPSA) is 44.5 Å². The second-order valence-corrected chi connectivity index (χ2v) is 3.97. The first kappa shape index (κ1) is 12.3. The van der Waals surface area contributed by atoms with Gasteiger partial charge in [-0.2, -0.15) is 0 Å². The fraction of sp³-hybridized carbons (Fsp3) is 0.455. The molecule has 4 heteroatoms. The van der Waals surface area contributed by atoms with E-state index in [0.29, 0.717) is 13.2 Å². The third-order valence-electron chi connectivity index (χ3n) is 2.00. The van der Waals surface area contributed by atoms with Crippen molar-refractivity contribution in [2.45, 2.75) is 12.8 Å². The molecule has 0 aliphatic heterocycles. The van der Waals surface area contributed by atoms with E-state index < -0.39 is 0 Å². The van der Waals surface area contributed by atoms with Gasteiger partial charge in [0, 0.05) is 0 Å². The van der Waals surface area contributed by atoms with Crippen molar-refractivity contribution in [2.24, 2.45) is 5.73 Å². The SMILES string of the molecule is COc1cccc(Br)c1OCCCCN. The molecule has 1 aromatic carbocycles. The highest BCUT2D eigenvalue weighted by Gasteiger charge is 2.07. The average Bonchev–Trinajstić information content (AvgIpc) is 2.26. The third kappa shape index (κ3) is 3.72. The second-order valence-electron chi connectivity index (χ2n) is 3.12. The van der Waals surface area contributed by atoms with Crippen molar-refractivity contribution in [1.82, 2.24) is 0 Å². The largest absolute Gasteiger partial charge is 0.493 e. The number of unbranched alkanes of at least 4 members (excludes halogenated alkanes) is 1. The van der Waals surface area contributed by atoms with Crippen LogP contribution in [0, 0.1) is 0 Å². The summed E-state index contributed by atoms with van der Waals surface area (Å²) >= 11 is 3.43. The Balaban J connectivity index is 2.58. The van der Waals surface area contributed by atoms with Crippen LogP contribution in [-0.4, -0.2) is 20.3 Å². The highest BCUT2D eigenvalue weighted by atomic mass is 79.9. The van der Waals surface area contributed by atoms with Crippen LogP contribution in [0.4, 0.5) is 0 Å². The minimum Gasteiger partial charge on any atom is -0.493 e. The quantitative estimate of drug-likeness (QED) is 0.811. The van der Waals surface area contributed by atoms with Gasteiger partial charge in [0.15, 0.2) is 11.5 Å². The molecule has 2 N–H and O–H groups in total. The van der Waals surface area contributed by atoms with Crippen LogP contribution >= 0.6 is 15.9 Å². The summed E-state index contributed by atoms with van der Waals surface area (Å²) in [7, 11) is 1.63. The normalized spacial score (nSPS) is 10.1. The molecule has 0 amide bonds. The number of hydrogen-bond donors (Lipinski definition) is 1. The molecule has 0 aliphatic rings. The fourth-order valence-corrected chi connectivity index (χ4v) is 1.67. The van der Waals surface area contributed by atoms with Crippen LogP contribution in [-0.2, 0) is 0 Å². The van der Waals surface area contributed by atoms with Gasteiger partial charge in [-0.05, 0) is 47.4 Å². The Labute approximate surface area is 98.7 Å². The van der Waals surface area contributed by atoms with Crippen molar-refractivity contribution in [2.75, 3.05) is 20.3 Å². The third-order valence-corrected chi connectivity index (χ3v) is 2.62. The smallest absolute Gasteiger partial charge is 0.175 e. The molecule has 0 unspecified atom stereocenters. The van der Waals surface area contributed by atoms with E-state index in [1.165, 1.54) is 0 Å². The summed E-state index contributed by atoms with van der Waals surface area (Å²) in [5.74, 6) is 1.51. The molecule has 3 nitrogen and oxygen atoms in total. The number of rotatable bonds is 6. The molecular formula is C11H16BrNO2. The van der Waals surface area contributed by atoms with Gasteiger partial charge in [-0.25, -0.2) is 0 Å². The summed E-state index contributed by atoms with van der Waals surface area (Å²) in [5.41, 5.74) is 5.40. The number of ether oxygens (including phenoxy) is 2. The molecule has 1 rings (SSSR count). The summed E-state index contributed by atoms with van der Waals surface area (Å²) in [6.45, 7) is 1.37. The Morgan fingerprint density at radius 1 is 1.33 bits per heavy atom. The van der Waals surface area contributed by atoms with Crippen LogP contribution < -0.4 is 15.2 Å². The lowest BCUT2D eigenvalue weighted by Crippen LogP contribution is -2.04. The van der Waals surface area contributed by atoms with Crippen molar-refractivity contribution in [3.63, 3.8) is 0 Å². The van der Waals surface area contributed by atoms with E-state index in [0.717, 1.165) is 28.8 Å². The standard InChI is InChI=1S/C11H16BrNO2/c1-14-10-6-4-5-9(12)11(10)15-8-3-2-7-13/h4-6H,2-3,7-8,13H2,1H3. The molecule has 0 aromatic heterocycles. The molecule has 0 aliphatic carbocycles. The van der Waals surface area contributed by atoms with Crippen LogP contribution in [0.1, 0.15) is 12.8 Å². The van der Waals surface area contributed by atoms with Crippen LogP contribution in [0.15, 0.2) is 22.7 Å². The average molecular weight is 274 g/mol. The number of nitrogens with two attached hydrogens (primary N) is 1. The fourth-order valence-electron chi connectivity index (χ4n) is 1.21. The van der Waals surface area contributed by atoms with Gasteiger partial charge in [-0.3, -0.25) is 0 Å². The van der Waals surface area contributed by atoms with Crippen LogP contribution in [0.5, 0.6) is 11.5 Å². The molecule has 0 atom stereocenters. The van der Waals surface area contributed by atoms with Crippen LogP contribution in [0.2, 0.25) is 0 Å². The van der Waals surface area contributed by atoms with Gasteiger partial charge in [0.25, 0.3) is 0 Å². The lowest BCUT2D eigenvalue weighted by Gasteiger charge is -2.11. The summed E-state index contributed by atoms with van der Waals surface area (Å²) in [6.07, 6.45) is 1.94. The maximum absolute atomic E-state index is 5.63. The minimum absolute atomic E-state index is 0.663. The lowest BCUT2D eigenvalue weighted by atomic mass is 10.3. The van der Waals surface area contributed by atoms with E-state index in [4.69, 9.17) is 15.2 Å². The summed E-state index contributed by atoms with van der Waals surface area (Å²) < 4.78 is 11.7. The Hall–Kier alpha value is -0.740. The van der Waals surface area contributed by atoms with Crippen molar-refractivity contribution in [3.8, 4) is 11.5 Å². The summed E-state index contributed by atoms with van der Waals surface area (Å²) in [6, 6.07) is 5.72. The number of para-hydroxylation sites is 1. The Morgan fingerprint density at radius 2 is 2.13 bits per heavy atom. The van der Waals surface area contributed by atoms with E-state index in [-0.39, 0.29) is 0 Å². The predicted molar refractivity (Wildman–Crippen MR) is 64.5 cm³/mol. The summed E-state index contributed by atoms with van der Waals surface area (Å²) in [4.78, 5) is 0. The number of methoxy groups -OCH3 is 1. The molecule has 1 aromatic rings. The molecule has 0 heterocycles. The Bertz CT molecular complexity index is 305. The zero-order valence-electron chi connectivity index (χ0n) is 8.83. The second kappa shape index (κ2) is 6.69. The maximum atomic E-state index is 5.63. The van der Waals surface area contributed by atoms with E-state index in [1.807, 2.05) is 18.2 Å². The highest BCUT2D eigenvalue weighted by molar-refractivity contribution is 9.10. The van der Waals surface area contributed by atoms with E-state index >= 15 is 0 Å². The highest BCUT2D eigenvalue weighted by Crippen LogP contribution is 2.34. The van der Waals surface area contributed by atoms with Gasteiger partial charge in [-0.1, -0.05) is 6.07 Å². The number of halogens is 1. The zero-order valence-corrected chi connectivity index (χ0v) is 10.4. The molecule has 0 bridgehead atoms. The van der Waals surface area contributed by atoms with Gasteiger partial charge in [0.05, 0.1) is 18.2 Å². The summed E-state index contributed by atoms with van der Waals surface area (Å²) in [5, 5.41) is 0. The van der Waals surface area contributed by atoms with Gasteiger partial charge in [0.2, 0.25) is 0 Å². The lowest BCUT2D eigenvalue weighted by molar-refractivity contribution is 0.285. The van der Waals surface area contributed by atoms with Crippen molar-refractivity contribution < 1.29 is 9.47 Å². The predicted octanol–water partition coefficient (Wildman–Crippen LogP) is 2.58. The number of benzene rings is 1. The molecule has 0 spiro atoms. The van der Waals surface area contributed by atoms with Gasteiger partial charge in [0.1, 0.15) is 0 Å². The van der Waals surface area contributed by atoms with E-state index in [2.05, 4.69) is 15.9 Å². The molecular weight excluding hydrogens is 258 g/mol. The van der Waals surface area contributed by atoms with E-state index in [9.17, 15) is 0 Å². The van der Waals surface area contributed by atoms with Crippen molar-refractivity contribution in [1.29, 1.82) is 0 Å². The van der Waals surface area contributed by atoms with Crippen LogP contribution in [0.25, 0.3) is 0 Å². The minimum atomic E-state index is 0.663. The van der Waals surface area contributed by atoms with Crippen molar-refractivity contribution in [3.05, 3.63) is 22.7 Å². The maximum Gasteiger partial charge on any atom is 0.175 e. The Kier molecular flexibility index (Phi) is 5.50. The van der Waals surface area contributed by atoms with Gasteiger partial charge < -0.3 is 15.2 Å². The molecule has 0 saturated heterocycles. The van der Waals surface area contributed by atoms with Crippen molar-refractivity contribution >= 4 is 15.9 Å². The van der Waals surface area contributed by atoms with Gasteiger partial charge in [-0.15, -0.1) is 0 Å². The van der Waals surface area contributed by atoms with Crippen LogP contribution in [0.3, 0.4) is 0 Å². The first-order chi connectivity index (χ1) is 7.29. The first-order valence-corrected chi connectivity index (χ1v) is 5.74. The molecule has 84 valence electrons. The Morgan fingerprint density at radius 3 is 2.80 bits per heavy atom. The van der Waals surface area contributed by atoms with Gasteiger partial charge >= 0.3 is 0 Å². The van der Waals surface area contributed by atoms with E-state index in [1.54, 1.807) is 7.11 Å². The molecule has 0 radical (unpaired) electrons.